The van der Waals surface area contributed by atoms with Crippen molar-refractivity contribution in [1.82, 2.24) is 4.90 Å². The Morgan fingerprint density at radius 2 is 1.56 bits per heavy atom. The summed E-state index contributed by atoms with van der Waals surface area (Å²) in [5, 5.41) is 11.1. The largest absolute Gasteiger partial charge is 0.497 e. The van der Waals surface area contributed by atoms with Gasteiger partial charge < -0.3 is 19.3 Å². The quantitative estimate of drug-likeness (QED) is 0.661. The molecule has 5 nitrogen and oxygen atoms in total. The second-order valence-corrected chi connectivity index (χ2v) is 7.10. The molecule has 27 heavy (non-hydrogen) atoms. The molecule has 0 radical (unpaired) electrons. The van der Waals surface area contributed by atoms with E-state index >= 15 is 0 Å². The molecule has 0 heterocycles. The molecule has 0 aliphatic rings. The van der Waals surface area contributed by atoms with Crippen LogP contribution in [0.3, 0.4) is 0 Å². The lowest BCUT2D eigenvalue weighted by Gasteiger charge is -2.29. The Morgan fingerprint density at radius 1 is 0.963 bits per heavy atom. The van der Waals surface area contributed by atoms with Gasteiger partial charge >= 0.3 is 0 Å². The van der Waals surface area contributed by atoms with E-state index < -0.39 is 6.10 Å². The van der Waals surface area contributed by atoms with Crippen molar-refractivity contribution in [2.24, 2.45) is 0 Å². The predicted molar refractivity (Wildman–Crippen MR) is 108 cm³/mol. The van der Waals surface area contributed by atoms with Gasteiger partial charge in [0.15, 0.2) is 0 Å². The first-order valence-corrected chi connectivity index (χ1v) is 9.31. The fourth-order valence-corrected chi connectivity index (χ4v) is 2.82. The summed E-state index contributed by atoms with van der Waals surface area (Å²) >= 11 is 5.87. The van der Waals surface area contributed by atoms with E-state index in [1.807, 2.05) is 18.2 Å². The third kappa shape index (κ3) is 6.94. The lowest BCUT2D eigenvalue weighted by molar-refractivity contribution is 0.0543. The van der Waals surface area contributed by atoms with Gasteiger partial charge in [0.1, 0.15) is 30.0 Å². The van der Waals surface area contributed by atoms with Crippen LogP contribution in [0.15, 0.2) is 42.5 Å². The van der Waals surface area contributed by atoms with Gasteiger partial charge in [0, 0.05) is 30.2 Å². The van der Waals surface area contributed by atoms with Gasteiger partial charge in [-0.05, 0) is 55.8 Å². The number of benzene rings is 2. The summed E-state index contributed by atoms with van der Waals surface area (Å²) in [4.78, 5) is 2.18. The highest BCUT2D eigenvalue weighted by Gasteiger charge is 2.17. The van der Waals surface area contributed by atoms with Crippen LogP contribution in [0.25, 0.3) is 0 Å². The molecule has 0 bridgehead atoms. The van der Waals surface area contributed by atoms with Crippen molar-refractivity contribution in [2.75, 3.05) is 27.4 Å². The predicted octanol–water partition coefficient (Wildman–Crippen LogP) is 4.01. The van der Waals surface area contributed by atoms with E-state index in [0.29, 0.717) is 23.9 Å². The van der Waals surface area contributed by atoms with Gasteiger partial charge in [-0.1, -0.05) is 11.6 Å². The van der Waals surface area contributed by atoms with Gasteiger partial charge in [-0.2, -0.15) is 0 Å². The molecule has 0 saturated carbocycles. The second kappa shape index (κ2) is 10.4. The summed E-state index contributed by atoms with van der Waals surface area (Å²) in [6.07, 6.45) is -0.615. The molecule has 0 aliphatic carbocycles. The molecule has 2 aromatic rings. The van der Waals surface area contributed by atoms with Crippen molar-refractivity contribution in [1.29, 1.82) is 0 Å². The van der Waals surface area contributed by atoms with Crippen LogP contribution in [0, 0.1) is 0 Å². The summed E-state index contributed by atoms with van der Waals surface area (Å²) in [6.45, 7) is 5.58. The third-order valence-electron chi connectivity index (χ3n) is 4.23. The fourth-order valence-electron chi connectivity index (χ4n) is 2.70. The van der Waals surface area contributed by atoms with Gasteiger partial charge in [-0.25, -0.2) is 0 Å². The average Bonchev–Trinajstić information content (AvgIpc) is 2.66. The van der Waals surface area contributed by atoms with Gasteiger partial charge in [-0.15, -0.1) is 0 Å². The van der Waals surface area contributed by atoms with E-state index in [4.69, 9.17) is 25.8 Å². The van der Waals surface area contributed by atoms with E-state index in [1.54, 1.807) is 38.5 Å². The normalized spacial score (nSPS) is 12.3. The SMILES string of the molecule is COc1cc(CN(CC(O)COc2ccc(Cl)cc2)C(C)C)cc(OC)c1. The molecular weight excluding hydrogens is 366 g/mol. The van der Waals surface area contributed by atoms with E-state index in [0.717, 1.165) is 17.1 Å². The minimum Gasteiger partial charge on any atom is -0.497 e. The summed E-state index contributed by atoms with van der Waals surface area (Å²) in [5.74, 6) is 2.19. The molecule has 1 atom stereocenters. The second-order valence-electron chi connectivity index (χ2n) is 6.66. The van der Waals surface area contributed by atoms with Crippen LogP contribution in [0.5, 0.6) is 17.2 Å². The Labute approximate surface area is 166 Å². The first-order chi connectivity index (χ1) is 12.9. The van der Waals surface area contributed by atoms with Gasteiger partial charge in [-0.3, -0.25) is 4.90 Å². The Kier molecular flexibility index (Phi) is 8.23. The fraction of sp³-hybridized carbons (Fsp3) is 0.429. The molecule has 2 rings (SSSR count). The van der Waals surface area contributed by atoms with Crippen molar-refractivity contribution < 1.29 is 19.3 Å². The Balaban J connectivity index is 1.97. The molecule has 0 aromatic heterocycles. The molecule has 0 saturated heterocycles. The van der Waals surface area contributed by atoms with E-state index in [2.05, 4.69) is 18.7 Å². The summed E-state index contributed by atoms with van der Waals surface area (Å²) < 4.78 is 16.3. The van der Waals surface area contributed by atoms with E-state index in [9.17, 15) is 5.11 Å². The molecule has 6 heteroatoms. The minimum absolute atomic E-state index is 0.215. The number of methoxy groups -OCH3 is 2. The lowest BCUT2D eigenvalue weighted by Crippen LogP contribution is -2.39. The van der Waals surface area contributed by atoms with Crippen molar-refractivity contribution >= 4 is 11.6 Å². The number of ether oxygens (including phenoxy) is 3. The van der Waals surface area contributed by atoms with Gasteiger partial charge in [0.2, 0.25) is 0 Å². The molecule has 0 amide bonds. The van der Waals surface area contributed by atoms with E-state index in [1.165, 1.54) is 0 Å². The first kappa shape index (κ1) is 21.4. The van der Waals surface area contributed by atoms with Crippen LogP contribution in [0.4, 0.5) is 0 Å². The van der Waals surface area contributed by atoms with Crippen molar-refractivity contribution in [3.63, 3.8) is 0 Å². The third-order valence-corrected chi connectivity index (χ3v) is 4.48. The Hall–Kier alpha value is -1.95. The highest BCUT2D eigenvalue weighted by molar-refractivity contribution is 6.30. The zero-order chi connectivity index (χ0) is 19.8. The Bertz CT molecular complexity index is 684. The number of halogens is 1. The minimum atomic E-state index is -0.615. The smallest absolute Gasteiger partial charge is 0.122 e. The van der Waals surface area contributed by atoms with Crippen molar-refractivity contribution in [3.05, 3.63) is 53.1 Å². The highest BCUT2D eigenvalue weighted by Crippen LogP contribution is 2.24. The van der Waals surface area contributed by atoms with Crippen LogP contribution in [0.1, 0.15) is 19.4 Å². The summed E-state index contributed by atoms with van der Waals surface area (Å²) in [7, 11) is 3.27. The van der Waals surface area contributed by atoms with Gasteiger partial charge in [0.25, 0.3) is 0 Å². The van der Waals surface area contributed by atoms with Crippen molar-refractivity contribution in [3.8, 4) is 17.2 Å². The molecule has 148 valence electrons. The number of aliphatic hydroxyl groups is 1. The Morgan fingerprint density at radius 3 is 2.07 bits per heavy atom. The molecule has 0 aliphatic heterocycles. The topological polar surface area (TPSA) is 51.2 Å². The number of aliphatic hydroxyl groups excluding tert-OH is 1. The van der Waals surface area contributed by atoms with E-state index in [-0.39, 0.29) is 12.6 Å². The van der Waals surface area contributed by atoms with Crippen LogP contribution in [-0.2, 0) is 6.54 Å². The number of hydrogen-bond donors (Lipinski definition) is 1. The number of nitrogens with zero attached hydrogens (tertiary/aromatic N) is 1. The maximum absolute atomic E-state index is 10.4. The average molecular weight is 394 g/mol. The van der Waals surface area contributed by atoms with Crippen molar-refractivity contribution in [2.45, 2.75) is 32.5 Å². The van der Waals surface area contributed by atoms with Crippen LogP contribution >= 0.6 is 11.6 Å². The number of hydrogen-bond acceptors (Lipinski definition) is 5. The van der Waals surface area contributed by atoms with Gasteiger partial charge in [0.05, 0.1) is 14.2 Å². The molecule has 2 aromatic carbocycles. The molecular formula is C21H28ClNO4. The van der Waals surface area contributed by atoms with Crippen LogP contribution < -0.4 is 14.2 Å². The first-order valence-electron chi connectivity index (χ1n) is 8.93. The monoisotopic (exact) mass is 393 g/mol. The lowest BCUT2D eigenvalue weighted by atomic mass is 10.1. The highest BCUT2D eigenvalue weighted by atomic mass is 35.5. The zero-order valence-corrected chi connectivity index (χ0v) is 17.1. The standard InChI is InChI=1S/C21H28ClNO4/c1-15(2)23(12-16-9-20(25-3)11-21(10-16)26-4)13-18(24)14-27-19-7-5-17(22)6-8-19/h5-11,15,18,24H,12-14H2,1-4H3. The number of rotatable bonds is 10. The summed E-state index contributed by atoms with van der Waals surface area (Å²) in [5.41, 5.74) is 1.06. The molecule has 0 spiro atoms. The summed E-state index contributed by atoms with van der Waals surface area (Å²) in [6, 6.07) is 13.2. The van der Waals surface area contributed by atoms with Crippen LogP contribution in [-0.4, -0.2) is 49.5 Å². The molecule has 1 unspecified atom stereocenters. The molecule has 0 fully saturated rings. The zero-order valence-electron chi connectivity index (χ0n) is 16.3. The van der Waals surface area contributed by atoms with Crippen LogP contribution in [0.2, 0.25) is 5.02 Å². The molecule has 1 N–H and O–H groups in total. The maximum atomic E-state index is 10.4. The maximum Gasteiger partial charge on any atom is 0.122 e.